The zero-order valence-electron chi connectivity index (χ0n) is 13.4. The number of nitrogens with zero attached hydrogens (tertiary/aromatic N) is 1. The van der Waals surface area contributed by atoms with Gasteiger partial charge in [0.2, 0.25) is 0 Å². The van der Waals surface area contributed by atoms with Crippen LogP contribution >= 0.6 is 0 Å². The molecule has 0 bridgehead atoms. The Balaban J connectivity index is 2.27. The van der Waals surface area contributed by atoms with Crippen LogP contribution < -0.4 is 14.4 Å². The van der Waals surface area contributed by atoms with Crippen molar-refractivity contribution in [3.8, 4) is 11.5 Å². The molecular formula is C17H25NO3. The molecule has 1 aromatic carbocycles. The van der Waals surface area contributed by atoms with E-state index in [2.05, 4.69) is 11.8 Å². The summed E-state index contributed by atoms with van der Waals surface area (Å²) in [4.78, 5) is 14.1. The Labute approximate surface area is 127 Å². The molecule has 2 rings (SSSR count). The van der Waals surface area contributed by atoms with Crippen molar-refractivity contribution in [1.29, 1.82) is 0 Å². The lowest BCUT2D eigenvalue weighted by molar-refractivity contribution is -0.123. The first-order valence-corrected chi connectivity index (χ1v) is 7.77. The average Bonchev–Trinajstić information content (AvgIpc) is 2.47. The molecule has 1 aliphatic rings. The van der Waals surface area contributed by atoms with Crippen molar-refractivity contribution in [2.75, 3.05) is 24.7 Å². The maximum absolute atomic E-state index is 11.8. The number of ether oxygens (including phenoxy) is 2. The van der Waals surface area contributed by atoms with Crippen molar-refractivity contribution in [3.05, 3.63) is 18.2 Å². The Kier molecular flexibility index (Phi) is 5.10. The largest absolute Gasteiger partial charge is 0.490 e. The summed E-state index contributed by atoms with van der Waals surface area (Å²) < 4.78 is 11.3. The molecule has 4 heteroatoms. The number of Topliss-reactive ketones (excluding diaryl/α,β-unsaturated/α-hetero) is 1. The monoisotopic (exact) mass is 291 g/mol. The molecule has 0 aromatic heterocycles. The van der Waals surface area contributed by atoms with Crippen LogP contribution in [-0.2, 0) is 4.79 Å². The van der Waals surface area contributed by atoms with E-state index in [1.165, 1.54) is 0 Å². The summed E-state index contributed by atoms with van der Waals surface area (Å²) in [6.07, 6.45) is 0.614. The van der Waals surface area contributed by atoms with Gasteiger partial charge in [0.1, 0.15) is 5.78 Å². The van der Waals surface area contributed by atoms with E-state index < -0.39 is 0 Å². The molecule has 0 spiro atoms. The molecule has 4 nitrogen and oxygen atoms in total. The van der Waals surface area contributed by atoms with Gasteiger partial charge in [0.25, 0.3) is 0 Å². The normalized spacial score (nSPS) is 22.3. The van der Waals surface area contributed by atoms with Crippen molar-refractivity contribution in [1.82, 2.24) is 0 Å². The lowest BCUT2D eigenvalue weighted by Crippen LogP contribution is -2.46. The average molecular weight is 291 g/mol. The maximum Gasteiger partial charge on any atom is 0.163 e. The molecule has 0 radical (unpaired) electrons. The highest BCUT2D eigenvalue weighted by atomic mass is 16.5. The number of piperidine rings is 1. The number of hydrogen-bond acceptors (Lipinski definition) is 4. The first kappa shape index (κ1) is 15.7. The van der Waals surface area contributed by atoms with Gasteiger partial charge in [0, 0.05) is 36.7 Å². The first-order valence-electron chi connectivity index (χ1n) is 7.77. The molecule has 0 saturated carbocycles. The second kappa shape index (κ2) is 6.83. The highest BCUT2D eigenvalue weighted by Gasteiger charge is 2.31. The predicted octanol–water partition coefficient (Wildman–Crippen LogP) is 3.29. The Bertz CT molecular complexity index is 501. The van der Waals surface area contributed by atoms with Crippen molar-refractivity contribution < 1.29 is 14.3 Å². The van der Waals surface area contributed by atoms with Crippen LogP contribution in [0.25, 0.3) is 0 Å². The third-order valence-electron chi connectivity index (χ3n) is 4.18. The fourth-order valence-electron chi connectivity index (χ4n) is 2.78. The Hall–Kier alpha value is -1.71. The molecule has 1 fully saturated rings. The molecule has 0 aliphatic carbocycles. The number of anilines is 1. The maximum atomic E-state index is 11.8. The van der Waals surface area contributed by atoms with Crippen molar-refractivity contribution in [3.63, 3.8) is 0 Å². The Morgan fingerprint density at radius 2 is 1.81 bits per heavy atom. The van der Waals surface area contributed by atoms with E-state index in [9.17, 15) is 4.79 Å². The predicted molar refractivity (Wildman–Crippen MR) is 84.4 cm³/mol. The molecule has 0 amide bonds. The number of hydrogen-bond donors (Lipinski definition) is 0. The van der Waals surface area contributed by atoms with Gasteiger partial charge in [-0.3, -0.25) is 4.79 Å². The van der Waals surface area contributed by atoms with Gasteiger partial charge >= 0.3 is 0 Å². The lowest BCUT2D eigenvalue weighted by atomic mass is 9.90. The second-order valence-electron chi connectivity index (χ2n) is 5.44. The quantitative estimate of drug-likeness (QED) is 0.834. The van der Waals surface area contributed by atoms with E-state index in [0.29, 0.717) is 25.4 Å². The SMILES string of the molecule is CCOc1ccc(N2CCC(=O)C(C)C2C)cc1OCC. The highest BCUT2D eigenvalue weighted by molar-refractivity contribution is 5.84. The molecular weight excluding hydrogens is 266 g/mol. The highest BCUT2D eigenvalue weighted by Crippen LogP contribution is 2.35. The van der Waals surface area contributed by atoms with Gasteiger partial charge in [0.05, 0.1) is 13.2 Å². The fraction of sp³-hybridized carbons (Fsp3) is 0.588. The fourth-order valence-corrected chi connectivity index (χ4v) is 2.78. The molecule has 0 N–H and O–H groups in total. The molecule has 1 saturated heterocycles. The van der Waals surface area contributed by atoms with Crippen LogP contribution in [-0.4, -0.2) is 31.6 Å². The smallest absolute Gasteiger partial charge is 0.163 e. The summed E-state index contributed by atoms with van der Waals surface area (Å²) in [5.41, 5.74) is 1.09. The van der Waals surface area contributed by atoms with E-state index in [0.717, 1.165) is 23.7 Å². The zero-order valence-corrected chi connectivity index (χ0v) is 13.4. The van der Waals surface area contributed by atoms with E-state index in [-0.39, 0.29) is 12.0 Å². The molecule has 21 heavy (non-hydrogen) atoms. The van der Waals surface area contributed by atoms with Gasteiger partial charge < -0.3 is 14.4 Å². The first-order chi connectivity index (χ1) is 10.1. The zero-order chi connectivity index (χ0) is 15.4. The van der Waals surface area contributed by atoms with Gasteiger partial charge in [-0.05, 0) is 32.9 Å². The minimum atomic E-state index is 0.0702. The standard InChI is InChI=1S/C17H25NO3/c1-5-20-16-8-7-14(11-17(16)21-6-2)18-10-9-15(19)12(3)13(18)4/h7-8,11-13H,5-6,9-10H2,1-4H3. The summed E-state index contributed by atoms with van der Waals surface area (Å²) in [5.74, 6) is 1.97. The number of ketones is 1. The number of rotatable bonds is 5. The van der Waals surface area contributed by atoms with Crippen LogP contribution in [0.4, 0.5) is 5.69 Å². The Morgan fingerprint density at radius 1 is 1.14 bits per heavy atom. The lowest BCUT2D eigenvalue weighted by Gasteiger charge is -2.38. The molecule has 2 unspecified atom stereocenters. The minimum Gasteiger partial charge on any atom is -0.490 e. The van der Waals surface area contributed by atoms with Crippen molar-refractivity contribution >= 4 is 11.5 Å². The molecule has 1 heterocycles. The third-order valence-corrected chi connectivity index (χ3v) is 4.18. The van der Waals surface area contributed by atoms with Crippen LogP contribution in [0.2, 0.25) is 0 Å². The molecule has 116 valence electrons. The number of carbonyl (C=O) groups excluding carboxylic acids is 1. The van der Waals surface area contributed by atoms with Gasteiger partial charge in [-0.15, -0.1) is 0 Å². The van der Waals surface area contributed by atoms with Crippen LogP contribution in [0.3, 0.4) is 0 Å². The summed E-state index contributed by atoms with van der Waals surface area (Å²) in [5, 5.41) is 0. The van der Waals surface area contributed by atoms with E-state index >= 15 is 0 Å². The van der Waals surface area contributed by atoms with Crippen LogP contribution in [0.15, 0.2) is 18.2 Å². The molecule has 1 aliphatic heterocycles. The minimum absolute atomic E-state index is 0.0702. The molecule has 1 aromatic rings. The van der Waals surface area contributed by atoms with Crippen molar-refractivity contribution in [2.24, 2.45) is 5.92 Å². The van der Waals surface area contributed by atoms with E-state index in [1.54, 1.807) is 0 Å². The summed E-state index contributed by atoms with van der Waals surface area (Å²) in [6.45, 7) is 10.0. The van der Waals surface area contributed by atoms with Crippen LogP contribution in [0, 0.1) is 5.92 Å². The number of carbonyl (C=O) groups is 1. The summed E-state index contributed by atoms with van der Waals surface area (Å²) in [6, 6.07) is 6.23. The number of benzene rings is 1. The second-order valence-corrected chi connectivity index (χ2v) is 5.44. The summed E-state index contributed by atoms with van der Waals surface area (Å²) >= 11 is 0. The topological polar surface area (TPSA) is 38.8 Å². The van der Waals surface area contributed by atoms with Crippen molar-refractivity contribution in [2.45, 2.75) is 40.2 Å². The van der Waals surface area contributed by atoms with E-state index in [4.69, 9.17) is 9.47 Å². The Morgan fingerprint density at radius 3 is 2.48 bits per heavy atom. The van der Waals surface area contributed by atoms with Crippen LogP contribution in [0.5, 0.6) is 11.5 Å². The third kappa shape index (κ3) is 3.31. The summed E-state index contributed by atoms with van der Waals surface area (Å²) in [7, 11) is 0. The van der Waals surface area contributed by atoms with Gasteiger partial charge in [-0.2, -0.15) is 0 Å². The van der Waals surface area contributed by atoms with Gasteiger partial charge in [-0.25, -0.2) is 0 Å². The van der Waals surface area contributed by atoms with Gasteiger partial charge in [-0.1, -0.05) is 6.92 Å². The van der Waals surface area contributed by atoms with Gasteiger partial charge in [0.15, 0.2) is 11.5 Å². The van der Waals surface area contributed by atoms with Crippen LogP contribution in [0.1, 0.15) is 34.1 Å². The van der Waals surface area contributed by atoms with E-state index in [1.807, 2.05) is 39.0 Å². The molecule has 2 atom stereocenters.